The molecule has 2 fully saturated rings. The Kier molecular flexibility index (Phi) is 8.01. The number of amides is 1. The Morgan fingerprint density at radius 3 is 2.62 bits per heavy atom. The number of benzene rings is 1. The van der Waals surface area contributed by atoms with Gasteiger partial charge in [-0.15, -0.1) is 0 Å². The zero-order valence-electron chi connectivity index (χ0n) is 19.9. The molecule has 0 saturated carbocycles. The Morgan fingerprint density at radius 2 is 1.97 bits per heavy atom. The van der Waals surface area contributed by atoms with Crippen molar-refractivity contribution in [3.05, 3.63) is 40.0 Å². The standard InChI is InChI=1S/C24H32Cl2N6O2/c1-15(2)34-21-14-28-24(30-22(21)29-16(3)18-7-6-17(25)13-19(18)26)32-11-9-31(10-12-32)23(33)20-5-4-8-27-20/h6-7,13-16,20,27H,4-5,8-12H2,1-3H3,(H,28,29,30)/t16-,20-/m1/s1. The van der Waals surface area contributed by atoms with Gasteiger partial charge in [-0.3, -0.25) is 4.79 Å². The van der Waals surface area contributed by atoms with Crippen molar-refractivity contribution in [2.45, 2.75) is 51.8 Å². The smallest absolute Gasteiger partial charge is 0.239 e. The lowest BCUT2D eigenvalue weighted by Gasteiger charge is -2.36. The minimum Gasteiger partial charge on any atom is -0.486 e. The molecule has 8 nitrogen and oxygen atoms in total. The van der Waals surface area contributed by atoms with Crippen LogP contribution in [0.1, 0.15) is 45.2 Å². The van der Waals surface area contributed by atoms with Crippen molar-refractivity contribution >= 4 is 40.9 Å². The fourth-order valence-corrected chi connectivity index (χ4v) is 4.91. The largest absolute Gasteiger partial charge is 0.486 e. The van der Waals surface area contributed by atoms with Gasteiger partial charge in [-0.05, 0) is 57.9 Å². The molecule has 2 aliphatic heterocycles. The maximum absolute atomic E-state index is 12.7. The summed E-state index contributed by atoms with van der Waals surface area (Å²) in [4.78, 5) is 26.1. The number of nitrogens with zero attached hydrogens (tertiary/aromatic N) is 4. The molecule has 1 aromatic carbocycles. The molecule has 34 heavy (non-hydrogen) atoms. The third-order valence-electron chi connectivity index (χ3n) is 6.12. The van der Waals surface area contributed by atoms with Gasteiger partial charge in [0.25, 0.3) is 0 Å². The van der Waals surface area contributed by atoms with E-state index in [-0.39, 0.29) is 24.1 Å². The predicted octanol–water partition coefficient (Wildman–Crippen LogP) is 4.14. The third-order valence-corrected chi connectivity index (χ3v) is 6.68. The van der Waals surface area contributed by atoms with Gasteiger partial charge in [-0.1, -0.05) is 29.3 Å². The fraction of sp³-hybridized carbons (Fsp3) is 0.542. The van der Waals surface area contributed by atoms with Gasteiger partial charge in [0.2, 0.25) is 11.9 Å². The molecule has 0 unspecified atom stereocenters. The van der Waals surface area contributed by atoms with Crippen molar-refractivity contribution < 1.29 is 9.53 Å². The summed E-state index contributed by atoms with van der Waals surface area (Å²) < 4.78 is 5.96. The number of anilines is 2. The van der Waals surface area contributed by atoms with Crippen LogP contribution in [0.4, 0.5) is 11.8 Å². The molecule has 2 aromatic rings. The maximum Gasteiger partial charge on any atom is 0.239 e. The van der Waals surface area contributed by atoms with Crippen LogP contribution in [0, 0.1) is 0 Å². The summed E-state index contributed by atoms with van der Waals surface area (Å²) in [6.07, 6.45) is 3.67. The van der Waals surface area contributed by atoms with Gasteiger partial charge in [0.1, 0.15) is 0 Å². The van der Waals surface area contributed by atoms with Crippen LogP contribution in [0.3, 0.4) is 0 Å². The van der Waals surface area contributed by atoms with E-state index >= 15 is 0 Å². The first-order valence-electron chi connectivity index (χ1n) is 11.8. The topological polar surface area (TPSA) is 82.6 Å². The van der Waals surface area contributed by atoms with Crippen molar-refractivity contribution in [1.82, 2.24) is 20.2 Å². The quantitative estimate of drug-likeness (QED) is 0.583. The summed E-state index contributed by atoms with van der Waals surface area (Å²) >= 11 is 12.5. The summed E-state index contributed by atoms with van der Waals surface area (Å²) in [7, 11) is 0. The van der Waals surface area contributed by atoms with Gasteiger partial charge in [-0.2, -0.15) is 4.98 Å². The molecule has 0 aliphatic carbocycles. The molecule has 1 aromatic heterocycles. The van der Waals surface area contributed by atoms with E-state index in [1.54, 1.807) is 12.3 Å². The monoisotopic (exact) mass is 506 g/mol. The van der Waals surface area contributed by atoms with Gasteiger partial charge in [-0.25, -0.2) is 4.98 Å². The number of halogens is 2. The first-order chi connectivity index (χ1) is 16.3. The van der Waals surface area contributed by atoms with E-state index in [4.69, 9.17) is 32.9 Å². The highest BCUT2D eigenvalue weighted by Gasteiger charge is 2.30. The van der Waals surface area contributed by atoms with E-state index < -0.39 is 0 Å². The summed E-state index contributed by atoms with van der Waals surface area (Å²) in [6.45, 7) is 9.54. The van der Waals surface area contributed by atoms with E-state index in [1.165, 1.54) is 0 Å². The number of carbonyl (C=O) groups is 1. The molecule has 2 N–H and O–H groups in total. The molecule has 1 amide bonds. The van der Waals surface area contributed by atoms with Gasteiger partial charge >= 0.3 is 0 Å². The molecule has 10 heteroatoms. The molecule has 184 valence electrons. The Morgan fingerprint density at radius 1 is 1.21 bits per heavy atom. The van der Waals surface area contributed by atoms with E-state index in [1.807, 2.05) is 37.8 Å². The number of hydrogen-bond acceptors (Lipinski definition) is 7. The lowest BCUT2D eigenvalue weighted by molar-refractivity contribution is -0.133. The highest BCUT2D eigenvalue weighted by Crippen LogP contribution is 2.32. The number of nitrogens with one attached hydrogen (secondary N) is 2. The maximum atomic E-state index is 12.7. The van der Waals surface area contributed by atoms with Crippen molar-refractivity contribution in [3.63, 3.8) is 0 Å². The number of rotatable bonds is 7. The highest BCUT2D eigenvalue weighted by atomic mass is 35.5. The van der Waals surface area contributed by atoms with Crippen molar-refractivity contribution in [2.24, 2.45) is 0 Å². The average molecular weight is 507 g/mol. The first kappa shape index (κ1) is 24.8. The summed E-state index contributed by atoms with van der Waals surface area (Å²) in [5.41, 5.74) is 0.911. The van der Waals surface area contributed by atoms with E-state index in [9.17, 15) is 4.79 Å². The van der Waals surface area contributed by atoms with Crippen LogP contribution in [0.15, 0.2) is 24.4 Å². The van der Waals surface area contributed by atoms with Crippen LogP contribution in [-0.4, -0.2) is 65.6 Å². The second-order valence-electron chi connectivity index (χ2n) is 9.04. The minimum absolute atomic E-state index is 0.0248. The van der Waals surface area contributed by atoms with E-state index in [0.29, 0.717) is 53.7 Å². The van der Waals surface area contributed by atoms with E-state index in [2.05, 4.69) is 20.5 Å². The Labute approximate surface area is 211 Å². The van der Waals surface area contributed by atoms with Crippen LogP contribution < -0.4 is 20.3 Å². The van der Waals surface area contributed by atoms with Crippen LogP contribution in [0.2, 0.25) is 10.0 Å². The van der Waals surface area contributed by atoms with Gasteiger partial charge in [0.15, 0.2) is 11.6 Å². The molecule has 2 atom stereocenters. The summed E-state index contributed by atoms with van der Waals surface area (Å²) in [6, 6.07) is 5.29. The van der Waals surface area contributed by atoms with Crippen LogP contribution >= 0.6 is 23.2 Å². The Hall–Kier alpha value is -2.29. The van der Waals surface area contributed by atoms with Crippen molar-refractivity contribution in [1.29, 1.82) is 0 Å². The summed E-state index contributed by atoms with van der Waals surface area (Å²) in [5, 5.41) is 7.91. The lowest BCUT2D eigenvalue weighted by Crippen LogP contribution is -2.53. The number of hydrogen-bond donors (Lipinski definition) is 2. The van der Waals surface area contributed by atoms with Crippen LogP contribution in [-0.2, 0) is 4.79 Å². The normalized spacial score (nSPS) is 19.4. The van der Waals surface area contributed by atoms with Crippen molar-refractivity contribution in [3.8, 4) is 5.75 Å². The molecule has 4 rings (SSSR count). The van der Waals surface area contributed by atoms with Gasteiger partial charge in [0.05, 0.1) is 24.4 Å². The summed E-state index contributed by atoms with van der Waals surface area (Å²) in [5.74, 6) is 2.00. The minimum atomic E-state index is -0.129. The zero-order valence-corrected chi connectivity index (χ0v) is 21.4. The van der Waals surface area contributed by atoms with Crippen LogP contribution in [0.25, 0.3) is 0 Å². The SMILES string of the molecule is CC(C)Oc1cnc(N2CCN(C(=O)[C@H]3CCCN3)CC2)nc1N[C@H](C)c1ccc(Cl)cc1Cl. The van der Waals surface area contributed by atoms with Crippen molar-refractivity contribution in [2.75, 3.05) is 42.9 Å². The highest BCUT2D eigenvalue weighted by molar-refractivity contribution is 6.35. The zero-order chi connectivity index (χ0) is 24.2. The third kappa shape index (κ3) is 5.85. The Bertz CT molecular complexity index is 1010. The number of carbonyl (C=O) groups excluding carboxylic acids is 1. The first-order valence-corrected chi connectivity index (χ1v) is 12.6. The Balaban J connectivity index is 1.48. The molecule has 3 heterocycles. The molecule has 2 saturated heterocycles. The lowest BCUT2D eigenvalue weighted by atomic mass is 10.1. The average Bonchev–Trinajstić information content (AvgIpc) is 3.34. The number of piperazine rings is 1. The molecule has 0 spiro atoms. The molecule has 0 bridgehead atoms. The molecule has 0 radical (unpaired) electrons. The second kappa shape index (κ2) is 11.0. The molecule has 2 aliphatic rings. The number of ether oxygens (including phenoxy) is 1. The number of aromatic nitrogens is 2. The van der Waals surface area contributed by atoms with Gasteiger partial charge in [0, 0.05) is 36.2 Å². The molecular weight excluding hydrogens is 475 g/mol. The predicted molar refractivity (Wildman–Crippen MR) is 136 cm³/mol. The molecular formula is C24H32Cl2N6O2. The second-order valence-corrected chi connectivity index (χ2v) is 9.89. The van der Waals surface area contributed by atoms with E-state index in [0.717, 1.165) is 24.9 Å². The fourth-order valence-electron chi connectivity index (χ4n) is 4.34. The van der Waals surface area contributed by atoms with Crippen LogP contribution in [0.5, 0.6) is 5.75 Å². The van der Waals surface area contributed by atoms with Gasteiger partial charge < -0.3 is 25.2 Å².